The van der Waals surface area contributed by atoms with E-state index in [1.54, 1.807) is 5.57 Å². The van der Waals surface area contributed by atoms with Crippen LogP contribution in [-0.4, -0.2) is 11.1 Å². The average molecular weight is 347 g/mol. The molecule has 0 saturated heterocycles. The first-order valence-corrected chi connectivity index (χ1v) is 10.6. The summed E-state index contributed by atoms with van der Waals surface area (Å²) < 4.78 is 0. The highest BCUT2D eigenvalue weighted by Gasteiger charge is 2.54. The molecule has 0 unspecified atom stereocenters. The highest BCUT2D eigenvalue weighted by atomic mass is 16.4. The topological polar surface area (TPSA) is 37.3 Å². The molecule has 0 aromatic carbocycles. The summed E-state index contributed by atoms with van der Waals surface area (Å²) in [6, 6.07) is 0. The fourth-order valence-corrected chi connectivity index (χ4v) is 6.86. The second-order valence-corrected chi connectivity index (χ2v) is 10.2. The fourth-order valence-electron chi connectivity index (χ4n) is 6.86. The van der Waals surface area contributed by atoms with Crippen molar-refractivity contribution in [3.8, 4) is 0 Å². The molecule has 5 atom stereocenters. The summed E-state index contributed by atoms with van der Waals surface area (Å²) in [7, 11) is 0. The molecule has 3 rings (SSSR count). The Bertz CT molecular complexity index is 550. The van der Waals surface area contributed by atoms with Gasteiger partial charge in [0, 0.05) is 6.42 Å². The predicted molar refractivity (Wildman–Crippen MR) is 103 cm³/mol. The minimum Gasteiger partial charge on any atom is -0.481 e. The van der Waals surface area contributed by atoms with Crippen molar-refractivity contribution in [2.45, 2.75) is 98.3 Å². The lowest BCUT2D eigenvalue weighted by Crippen LogP contribution is -2.50. The molecule has 2 heteroatoms. The maximum Gasteiger partial charge on any atom is 0.303 e. The Kier molecular flexibility index (Phi) is 5.12. The highest BCUT2D eigenvalue weighted by molar-refractivity contribution is 5.66. The first-order valence-electron chi connectivity index (χ1n) is 10.6. The number of carboxylic acid groups (broad SMARTS) is 1. The van der Waals surface area contributed by atoms with Crippen LogP contribution in [0.15, 0.2) is 11.6 Å². The number of hydrogen-bond acceptors (Lipinski definition) is 1. The van der Waals surface area contributed by atoms with Crippen LogP contribution < -0.4 is 0 Å². The van der Waals surface area contributed by atoms with E-state index in [2.05, 4.69) is 33.8 Å². The van der Waals surface area contributed by atoms with Gasteiger partial charge in [-0.3, -0.25) is 4.79 Å². The van der Waals surface area contributed by atoms with E-state index in [-0.39, 0.29) is 0 Å². The first kappa shape index (κ1) is 19.0. The summed E-state index contributed by atoms with van der Waals surface area (Å²) in [4.78, 5) is 11.0. The van der Waals surface area contributed by atoms with Gasteiger partial charge >= 0.3 is 5.97 Å². The maximum absolute atomic E-state index is 11.0. The molecule has 0 aromatic rings. The van der Waals surface area contributed by atoms with Crippen LogP contribution in [0.4, 0.5) is 0 Å². The third kappa shape index (κ3) is 3.43. The Morgan fingerprint density at radius 1 is 1.24 bits per heavy atom. The number of carboxylic acids is 1. The van der Waals surface area contributed by atoms with Gasteiger partial charge in [-0.1, -0.05) is 52.2 Å². The van der Waals surface area contributed by atoms with Gasteiger partial charge in [0.2, 0.25) is 0 Å². The summed E-state index contributed by atoms with van der Waals surface area (Å²) in [6.07, 6.45) is 15.5. The molecular weight excluding hydrogens is 308 g/mol. The van der Waals surface area contributed by atoms with E-state index in [4.69, 9.17) is 5.11 Å². The van der Waals surface area contributed by atoms with Gasteiger partial charge in [-0.15, -0.1) is 0 Å². The van der Waals surface area contributed by atoms with Crippen molar-refractivity contribution >= 4 is 5.97 Å². The highest BCUT2D eigenvalue weighted by Crippen LogP contribution is 2.64. The Hall–Kier alpha value is -0.790. The van der Waals surface area contributed by atoms with E-state index in [9.17, 15) is 4.79 Å². The van der Waals surface area contributed by atoms with E-state index in [1.165, 1.54) is 51.4 Å². The lowest BCUT2D eigenvalue weighted by molar-refractivity contribution is -0.137. The van der Waals surface area contributed by atoms with Crippen molar-refractivity contribution in [3.05, 3.63) is 11.6 Å². The SMILES string of the molecule is CC[C@@]1(C)CC=C2[C@@H](CC[C@@H]3[C@](C)(CCCC(=O)O)CCC[C@@]23C)C1. The Morgan fingerprint density at radius 3 is 2.68 bits per heavy atom. The zero-order valence-corrected chi connectivity index (χ0v) is 16.9. The third-order valence-corrected chi connectivity index (χ3v) is 8.50. The summed E-state index contributed by atoms with van der Waals surface area (Å²) >= 11 is 0. The van der Waals surface area contributed by atoms with Crippen molar-refractivity contribution in [2.24, 2.45) is 28.1 Å². The molecule has 0 aromatic heterocycles. The summed E-state index contributed by atoms with van der Waals surface area (Å²) in [6.45, 7) is 9.85. The smallest absolute Gasteiger partial charge is 0.303 e. The van der Waals surface area contributed by atoms with Crippen molar-refractivity contribution < 1.29 is 9.90 Å². The van der Waals surface area contributed by atoms with Gasteiger partial charge < -0.3 is 5.11 Å². The molecule has 2 fully saturated rings. The predicted octanol–water partition coefficient (Wildman–Crippen LogP) is 6.60. The zero-order valence-electron chi connectivity index (χ0n) is 16.9. The fraction of sp³-hybridized carbons (Fsp3) is 0.870. The summed E-state index contributed by atoms with van der Waals surface area (Å²) in [5.74, 6) is 0.914. The van der Waals surface area contributed by atoms with E-state index >= 15 is 0 Å². The van der Waals surface area contributed by atoms with Crippen LogP contribution in [0, 0.1) is 28.1 Å². The van der Waals surface area contributed by atoms with Gasteiger partial charge in [0.05, 0.1) is 0 Å². The van der Waals surface area contributed by atoms with Gasteiger partial charge in [-0.05, 0) is 79.4 Å². The minimum absolute atomic E-state index is 0.333. The molecule has 0 heterocycles. The molecule has 0 radical (unpaired) electrons. The van der Waals surface area contributed by atoms with Crippen LogP contribution in [0.2, 0.25) is 0 Å². The van der Waals surface area contributed by atoms with Crippen molar-refractivity contribution in [2.75, 3.05) is 0 Å². The van der Waals surface area contributed by atoms with Crippen molar-refractivity contribution in [1.82, 2.24) is 0 Å². The zero-order chi connectivity index (χ0) is 18.3. The van der Waals surface area contributed by atoms with Crippen molar-refractivity contribution in [3.63, 3.8) is 0 Å². The van der Waals surface area contributed by atoms with Crippen LogP contribution in [0.5, 0.6) is 0 Å². The monoisotopic (exact) mass is 346 g/mol. The Balaban J connectivity index is 1.82. The minimum atomic E-state index is -0.639. The molecule has 2 saturated carbocycles. The van der Waals surface area contributed by atoms with Gasteiger partial charge in [-0.25, -0.2) is 0 Å². The van der Waals surface area contributed by atoms with E-state index in [0.29, 0.717) is 22.7 Å². The largest absolute Gasteiger partial charge is 0.481 e. The second kappa shape index (κ2) is 6.74. The van der Waals surface area contributed by atoms with Crippen LogP contribution in [0.1, 0.15) is 98.3 Å². The molecule has 142 valence electrons. The molecule has 3 aliphatic rings. The van der Waals surface area contributed by atoms with Crippen LogP contribution in [0.25, 0.3) is 0 Å². The van der Waals surface area contributed by atoms with Crippen LogP contribution in [-0.2, 0) is 4.79 Å². The number of aliphatic carboxylic acids is 1. The molecule has 0 spiro atoms. The normalized spacial score (nSPS) is 43.8. The maximum atomic E-state index is 11.0. The third-order valence-electron chi connectivity index (χ3n) is 8.50. The average Bonchev–Trinajstić information content (AvgIpc) is 2.54. The first-order chi connectivity index (χ1) is 11.7. The summed E-state index contributed by atoms with van der Waals surface area (Å²) in [5.41, 5.74) is 3.00. The van der Waals surface area contributed by atoms with Gasteiger partial charge in [0.25, 0.3) is 0 Å². The molecule has 2 nitrogen and oxygen atoms in total. The summed E-state index contributed by atoms with van der Waals surface area (Å²) in [5, 5.41) is 9.03. The van der Waals surface area contributed by atoms with E-state index < -0.39 is 5.97 Å². The Morgan fingerprint density at radius 2 is 2.00 bits per heavy atom. The van der Waals surface area contributed by atoms with Gasteiger partial charge in [-0.2, -0.15) is 0 Å². The van der Waals surface area contributed by atoms with E-state index in [1.807, 2.05) is 0 Å². The number of fused-ring (bicyclic) bond motifs is 3. The number of hydrogen-bond donors (Lipinski definition) is 1. The lowest BCUT2D eigenvalue weighted by Gasteiger charge is -2.59. The molecule has 0 amide bonds. The quantitative estimate of drug-likeness (QED) is 0.569. The standard InChI is InChI=1S/C23H38O2/c1-5-21(2)15-11-18-17(16-21)9-10-19-22(3,12-6-8-20(24)25)13-7-14-23(18,19)4/h11,17,19H,5-10,12-16H2,1-4H3,(H,24,25)/t17-,19+,21-,22+,23-/m0/s1. The second-order valence-electron chi connectivity index (χ2n) is 10.2. The van der Waals surface area contributed by atoms with Crippen LogP contribution >= 0.6 is 0 Å². The molecule has 25 heavy (non-hydrogen) atoms. The molecule has 0 aliphatic heterocycles. The Labute approximate surface area is 154 Å². The molecule has 3 aliphatic carbocycles. The van der Waals surface area contributed by atoms with Crippen LogP contribution in [0.3, 0.4) is 0 Å². The van der Waals surface area contributed by atoms with Crippen molar-refractivity contribution in [1.29, 1.82) is 0 Å². The molecular formula is C23H38O2. The number of allylic oxidation sites excluding steroid dienone is 2. The number of carbonyl (C=O) groups is 1. The lowest BCUT2D eigenvalue weighted by atomic mass is 9.45. The number of rotatable bonds is 5. The molecule has 1 N–H and O–H groups in total. The van der Waals surface area contributed by atoms with Gasteiger partial charge in [0.15, 0.2) is 0 Å². The van der Waals surface area contributed by atoms with Gasteiger partial charge in [0.1, 0.15) is 0 Å². The van der Waals surface area contributed by atoms with E-state index in [0.717, 1.165) is 24.7 Å². The molecule has 0 bridgehead atoms.